The molecule has 1 aliphatic rings. The lowest BCUT2D eigenvalue weighted by atomic mass is 9.91. The van der Waals surface area contributed by atoms with Crippen molar-refractivity contribution in [3.63, 3.8) is 0 Å². The number of hydrogen-bond donors (Lipinski definition) is 0. The summed E-state index contributed by atoms with van der Waals surface area (Å²) in [5.41, 5.74) is 1.16. The highest BCUT2D eigenvalue weighted by Gasteiger charge is 2.33. The fourth-order valence-electron chi connectivity index (χ4n) is 3.05. The van der Waals surface area contributed by atoms with Gasteiger partial charge in [-0.25, -0.2) is 0 Å². The largest absolute Gasteiger partial charge is 0.469 e. The lowest BCUT2D eigenvalue weighted by molar-refractivity contribution is -0.163. The monoisotopic (exact) mass is 364 g/mol. The Balaban J connectivity index is 2.13. The molecule has 4 atom stereocenters. The molecule has 144 valence electrons. The van der Waals surface area contributed by atoms with Gasteiger partial charge in [0.15, 0.2) is 0 Å². The normalized spacial score (nSPS) is 27.0. The molecular weight excluding hydrogens is 336 g/mol. The third kappa shape index (κ3) is 6.11. The van der Waals surface area contributed by atoms with Crippen LogP contribution in [0, 0.1) is 11.8 Å². The molecule has 0 saturated carbocycles. The molecule has 1 aromatic rings. The Kier molecular flexibility index (Phi) is 8.06. The van der Waals surface area contributed by atoms with Crippen molar-refractivity contribution in [2.24, 2.45) is 11.8 Å². The molecule has 0 N–H and O–H groups in total. The van der Waals surface area contributed by atoms with Crippen LogP contribution in [0.4, 0.5) is 0 Å². The van der Waals surface area contributed by atoms with Gasteiger partial charge < -0.3 is 18.9 Å². The van der Waals surface area contributed by atoms with E-state index in [-0.39, 0.29) is 42.9 Å². The van der Waals surface area contributed by atoms with E-state index in [1.807, 2.05) is 25.1 Å². The van der Waals surface area contributed by atoms with Crippen LogP contribution in [0.1, 0.15) is 25.8 Å². The van der Waals surface area contributed by atoms with Crippen molar-refractivity contribution >= 4 is 11.9 Å². The molecule has 0 spiro atoms. The highest BCUT2D eigenvalue weighted by atomic mass is 16.6. The van der Waals surface area contributed by atoms with Crippen LogP contribution < -0.4 is 0 Å². The minimum atomic E-state index is -0.432. The molecule has 6 nitrogen and oxygen atoms in total. The standard InChI is InChI=1S/C20H28O6/c1-14-12-24-13-17(11-16-7-5-4-6-8-16)19(15(2)26-20(14)22)25-10-9-18(21)23-3/h4-8,14-15,17,19H,9-13H2,1-3H3/t14-,15-,17-,19-/m0/s1. The van der Waals surface area contributed by atoms with Crippen LogP contribution in [0.3, 0.4) is 0 Å². The Hall–Kier alpha value is -1.92. The minimum Gasteiger partial charge on any atom is -0.469 e. The molecule has 1 saturated heterocycles. The van der Waals surface area contributed by atoms with Gasteiger partial charge in [0.2, 0.25) is 0 Å². The Bertz CT molecular complexity index is 573. The average Bonchev–Trinajstić information content (AvgIpc) is 2.68. The fourth-order valence-corrected chi connectivity index (χ4v) is 3.05. The molecule has 0 amide bonds. The third-order valence-electron chi connectivity index (χ3n) is 4.52. The summed E-state index contributed by atoms with van der Waals surface area (Å²) in [7, 11) is 1.35. The molecule has 26 heavy (non-hydrogen) atoms. The number of ether oxygens (including phenoxy) is 4. The highest BCUT2D eigenvalue weighted by Crippen LogP contribution is 2.23. The molecule has 1 heterocycles. The fraction of sp³-hybridized carbons (Fsp3) is 0.600. The smallest absolute Gasteiger partial charge is 0.311 e. The SMILES string of the molecule is COC(=O)CCO[C@@H]1[C@@H](Cc2ccccc2)COC[C@H](C)C(=O)O[C@H]1C. The van der Waals surface area contributed by atoms with Gasteiger partial charge in [0.1, 0.15) is 6.10 Å². The second-order valence-electron chi connectivity index (χ2n) is 6.69. The van der Waals surface area contributed by atoms with Crippen molar-refractivity contribution in [3.05, 3.63) is 35.9 Å². The lowest BCUT2D eigenvalue weighted by Crippen LogP contribution is -2.40. The van der Waals surface area contributed by atoms with Crippen molar-refractivity contribution in [3.8, 4) is 0 Å². The molecule has 2 rings (SSSR count). The van der Waals surface area contributed by atoms with Gasteiger partial charge in [-0.15, -0.1) is 0 Å². The Morgan fingerprint density at radius 2 is 1.92 bits per heavy atom. The summed E-state index contributed by atoms with van der Waals surface area (Å²) in [5, 5.41) is 0. The van der Waals surface area contributed by atoms with Gasteiger partial charge in [0, 0.05) is 5.92 Å². The molecule has 6 heteroatoms. The van der Waals surface area contributed by atoms with E-state index < -0.39 is 6.10 Å². The van der Waals surface area contributed by atoms with Crippen LogP contribution in [0.5, 0.6) is 0 Å². The highest BCUT2D eigenvalue weighted by molar-refractivity contribution is 5.72. The van der Waals surface area contributed by atoms with Crippen LogP contribution >= 0.6 is 0 Å². The lowest BCUT2D eigenvalue weighted by Gasteiger charge is -2.30. The number of carbonyl (C=O) groups excluding carboxylic acids is 2. The number of benzene rings is 1. The second-order valence-corrected chi connectivity index (χ2v) is 6.69. The first kappa shape index (κ1) is 20.4. The van der Waals surface area contributed by atoms with Gasteiger partial charge in [-0.2, -0.15) is 0 Å². The van der Waals surface area contributed by atoms with Gasteiger partial charge in [-0.05, 0) is 25.8 Å². The quantitative estimate of drug-likeness (QED) is 0.722. The van der Waals surface area contributed by atoms with Crippen molar-refractivity contribution < 1.29 is 28.5 Å². The third-order valence-corrected chi connectivity index (χ3v) is 4.52. The molecule has 0 radical (unpaired) electrons. The summed E-state index contributed by atoms with van der Waals surface area (Å²) in [5.74, 6) is -0.937. The van der Waals surface area contributed by atoms with Gasteiger partial charge in [0.25, 0.3) is 0 Å². The number of cyclic esters (lactones) is 1. The zero-order valence-corrected chi connectivity index (χ0v) is 15.7. The molecule has 0 aliphatic carbocycles. The van der Waals surface area contributed by atoms with Gasteiger partial charge >= 0.3 is 11.9 Å². The molecule has 1 aliphatic heterocycles. The summed E-state index contributed by atoms with van der Waals surface area (Å²) in [6.07, 6.45) is 0.0929. The zero-order chi connectivity index (χ0) is 18.9. The van der Waals surface area contributed by atoms with Crippen molar-refractivity contribution in [1.29, 1.82) is 0 Å². The molecular formula is C20H28O6. The van der Waals surface area contributed by atoms with Crippen molar-refractivity contribution in [2.75, 3.05) is 26.9 Å². The minimum absolute atomic E-state index is 0.00291. The summed E-state index contributed by atoms with van der Waals surface area (Å²) in [6.45, 7) is 4.62. The van der Waals surface area contributed by atoms with Crippen LogP contribution in [-0.2, 0) is 35.0 Å². The molecule has 1 fully saturated rings. The first-order valence-corrected chi connectivity index (χ1v) is 9.01. The van der Waals surface area contributed by atoms with E-state index in [0.29, 0.717) is 13.2 Å². The molecule has 0 bridgehead atoms. The zero-order valence-electron chi connectivity index (χ0n) is 15.7. The number of esters is 2. The van der Waals surface area contributed by atoms with E-state index in [2.05, 4.69) is 16.9 Å². The average molecular weight is 364 g/mol. The van der Waals surface area contributed by atoms with Crippen LogP contribution in [-0.4, -0.2) is 51.1 Å². The Morgan fingerprint density at radius 1 is 1.19 bits per heavy atom. The van der Waals surface area contributed by atoms with Crippen LogP contribution in [0.2, 0.25) is 0 Å². The number of methoxy groups -OCH3 is 1. The van der Waals surface area contributed by atoms with E-state index in [1.165, 1.54) is 7.11 Å². The first-order chi connectivity index (χ1) is 12.5. The predicted molar refractivity (Wildman–Crippen MR) is 95.5 cm³/mol. The van der Waals surface area contributed by atoms with Gasteiger partial charge in [-0.1, -0.05) is 30.3 Å². The first-order valence-electron chi connectivity index (χ1n) is 9.01. The summed E-state index contributed by atoms with van der Waals surface area (Å²) in [6, 6.07) is 10.1. The van der Waals surface area contributed by atoms with Crippen LogP contribution in [0.25, 0.3) is 0 Å². The predicted octanol–water partition coefficient (Wildman–Crippen LogP) is 2.39. The van der Waals surface area contributed by atoms with Crippen molar-refractivity contribution in [1.82, 2.24) is 0 Å². The maximum Gasteiger partial charge on any atom is 0.311 e. The molecule has 0 aromatic heterocycles. The van der Waals surface area contributed by atoms with Crippen LogP contribution in [0.15, 0.2) is 30.3 Å². The summed E-state index contributed by atoms with van der Waals surface area (Å²) < 4.78 is 22.0. The van der Waals surface area contributed by atoms with E-state index in [0.717, 1.165) is 12.0 Å². The number of carbonyl (C=O) groups is 2. The Labute approximate surface area is 154 Å². The van der Waals surface area contributed by atoms with Crippen molar-refractivity contribution in [2.45, 2.75) is 38.9 Å². The second kappa shape index (κ2) is 10.3. The van der Waals surface area contributed by atoms with Gasteiger partial charge in [-0.3, -0.25) is 9.59 Å². The Morgan fingerprint density at radius 3 is 2.62 bits per heavy atom. The van der Waals surface area contributed by atoms with E-state index in [1.54, 1.807) is 6.92 Å². The number of rotatable bonds is 6. The molecule has 0 unspecified atom stereocenters. The maximum atomic E-state index is 12.1. The number of hydrogen-bond acceptors (Lipinski definition) is 6. The maximum absolute atomic E-state index is 12.1. The van der Waals surface area contributed by atoms with E-state index >= 15 is 0 Å². The van der Waals surface area contributed by atoms with E-state index in [4.69, 9.17) is 14.2 Å². The molecule has 1 aromatic carbocycles. The summed E-state index contributed by atoms with van der Waals surface area (Å²) >= 11 is 0. The summed E-state index contributed by atoms with van der Waals surface area (Å²) in [4.78, 5) is 23.5. The van der Waals surface area contributed by atoms with E-state index in [9.17, 15) is 9.59 Å². The topological polar surface area (TPSA) is 71.1 Å². The van der Waals surface area contributed by atoms with Gasteiger partial charge in [0.05, 0.1) is 45.4 Å².